The van der Waals surface area contributed by atoms with E-state index in [1.54, 1.807) is 0 Å². The fourth-order valence-corrected chi connectivity index (χ4v) is 3.29. The Morgan fingerprint density at radius 2 is 2.33 bits per heavy atom. The normalized spacial score (nSPS) is 40.3. The number of rotatable bonds is 0. The highest BCUT2D eigenvalue weighted by molar-refractivity contribution is 7.52. The van der Waals surface area contributed by atoms with Crippen molar-refractivity contribution in [3.63, 3.8) is 0 Å². The van der Waals surface area contributed by atoms with Crippen LogP contribution < -0.4 is 0 Å². The summed E-state index contributed by atoms with van der Waals surface area (Å²) in [6.45, 7) is 3.84. The average molecular weight is 188 g/mol. The van der Waals surface area contributed by atoms with E-state index in [1.165, 1.54) is 0 Å². The molecule has 0 aromatic rings. The third-order valence-electron chi connectivity index (χ3n) is 1.84. The van der Waals surface area contributed by atoms with Crippen molar-refractivity contribution in [3.05, 3.63) is 0 Å². The molecule has 1 N–H and O–H groups in total. The van der Waals surface area contributed by atoms with Gasteiger partial charge in [-0.1, -0.05) is 19.8 Å². The first kappa shape index (κ1) is 9.80. The molecule has 1 rings (SSSR count). The van der Waals surface area contributed by atoms with Gasteiger partial charge in [0.25, 0.3) is 0 Å². The Hall–Kier alpha value is -0.290. The predicted molar refractivity (Wildman–Crippen MR) is 46.8 cm³/mol. The second-order valence-corrected chi connectivity index (χ2v) is 5.73. The van der Waals surface area contributed by atoms with E-state index in [-0.39, 0.29) is 11.6 Å². The molecular weight excluding hydrogens is 175 g/mol. The summed E-state index contributed by atoms with van der Waals surface area (Å²) in [6, 6.07) is 0. The van der Waals surface area contributed by atoms with Gasteiger partial charge in [0.2, 0.25) is 0 Å². The van der Waals surface area contributed by atoms with Crippen LogP contribution in [0, 0.1) is 17.8 Å². The first-order chi connectivity index (χ1) is 5.35. The Bertz CT molecular complexity index is 264. The molecular formula is C8H13O3P. The van der Waals surface area contributed by atoms with Crippen LogP contribution in [0.15, 0.2) is 0 Å². The molecule has 1 heterocycles. The lowest BCUT2D eigenvalue weighted by molar-refractivity contribution is 0.131. The Morgan fingerprint density at radius 3 is 2.75 bits per heavy atom. The van der Waals surface area contributed by atoms with E-state index in [1.807, 2.05) is 13.8 Å². The van der Waals surface area contributed by atoms with Gasteiger partial charge in [-0.25, -0.2) is 0 Å². The highest BCUT2D eigenvalue weighted by atomic mass is 31.2. The molecule has 0 radical (unpaired) electrons. The molecule has 1 aliphatic rings. The van der Waals surface area contributed by atoms with E-state index >= 15 is 0 Å². The third-order valence-corrected chi connectivity index (χ3v) is 3.68. The van der Waals surface area contributed by atoms with Crippen LogP contribution in [0.3, 0.4) is 0 Å². The lowest BCUT2D eigenvalue weighted by Crippen LogP contribution is -2.31. The molecule has 0 saturated carbocycles. The zero-order valence-electron chi connectivity index (χ0n) is 7.28. The minimum absolute atomic E-state index is 0.193. The van der Waals surface area contributed by atoms with Crippen LogP contribution in [0.5, 0.6) is 0 Å². The fraction of sp³-hybridized carbons (Fsp3) is 0.750. The van der Waals surface area contributed by atoms with Crippen LogP contribution >= 0.6 is 7.60 Å². The fourth-order valence-electron chi connectivity index (χ4n) is 1.47. The lowest BCUT2D eigenvalue weighted by atomic mass is 9.89. The number of hydrogen-bond acceptors (Lipinski definition) is 2. The van der Waals surface area contributed by atoms with Gasteiger partial charge in [-0.15, -0.1) is 6.42 Å². The molecule has 68 valence electrons. The molecule has 0 aromatic heterocycles. The van der Waals surface area contributed by atoms with Crippen molar-refractivity contribution in [1.29, 1.82) is 0 Å². The van der Waals surface area contributed by atoms with Crippen molar-refractivity contribution >= 4 is 7.60 Å². The summed E-state index contributed by atoms with van der Waals surface area (Å²) >= 11 is 0. The van der Waals surface area contributed by atoms with Gasteiger partial charge in [-0.2, -0.15) is 0 Å². The van der Waals surface area contributed by atoms with E-state index in [0.29, 0.717) is 6.42 Å². The van der Waals surface area contributed by atoms with Gasteiger partial charge in [-0.05, 0) is 11.8 Å². The second kappa shape index (κ2) is 2.88. The number of terminal acetylenes is 1. The quantitative estimate of drug-likeness (QED) is 0.464. The minimum Gasteiger partial charge on any atom is -0.324 e. The summed E-state index contributed by atoms with van der Waals surface area (Å²) < 4.78 is 16.1. The SMILES string of the molecule is C#CC1CC(C)(C)CP(=O)(O)O1. The Balaban J connectivity index is 2.82. The van der Waals surface area contributed by atoms with Gasteiger partial charge in [0.15, 0.2) is 0 Å². The monoisotopic (exact) mass is 188 g/mol. The molecule has 0 bridgehead atoms. The van der Waals surface area contributed by atoms with Gasteiger partial charge >= 0.3 is 7.60 Å². The largest absolute Gasteiger partial charge is 0.329 e. The van der Waals surface area contributed by atoms with E-state index in [9.17, 15) is 9.46 Å². The third kappa shape index (κ3) is 2.35. The smallest absolute Gasteiger partial charge is 0.324 e. The summed E-state index contributed by atoms with van der Waals surface area (Å²) in [6.07, 6.45) is 5.47. The zero-order valence-corrected chi connectivity index (χ0v) is 8.17. The summed E-state index contributed by atoms with van der Waals surface area (Å²) in [4.78, 5) is 9.25. The van der Waals surface area contributed by atoms with Crippen molar-refractivity contribution in [1.82, 2.24) is 0 Å². The average Bonchev–Trinajstić information content (AvgIpc) is 1.80. The topological polar surface area (TPSA) is 46.5 Å². The Labute approximate surface area is 72.7 Å². The van der Waals surface area contributed by atoms with Gasteiger partial charge in [0.05, 0.1) is 6.16 Å². The summed E-state index contributed by atoms with van der Waals surface area (Å²) in [5.74, 6) is 2.36. The van der Waals surface area contributed by atoms with Gasteiger partial charge in [-0.3, -0.25) is 9.09 Å². The van der Waals surface area contributed by atoms with Crippen LogP contribution in [0.1, 0.15) is 20.3 Å². The van der Waals surface area contributed by atoms with Gasteiger partial charge in [0, 0.05) is 0 Å². The van der Waals surface area contributed by atoms with E-state index in [0.717, 1.165) is 0 Å². The van der Waals surface area contributed by atoms with Crippen molar-refractivity contribution in [3.8, 4) is 12.3 Å². The lowest BCUT2D eigenvalue weighted by Gasteiger charge is -2.35. The highest BCUT2D eigenvalue weighted by Crippen LogP contribution is 2.54. The molecule has 2 unspecified atom stereocenters. The molecule has 4 heteroatoms. The summed E-state index contributed by atoms with van der Waals surface area (Å²) in [5, 5.41) is 0. The van der Waals surface area contributed by atoms with Gasteiger partial charge in [0.1, 0.15) is 6.10 Å². The predicted octanol–water partition coefficient (Wildman–Crippen LogP) is 1.62. The maximum absolute atomic E-state index is 11.3. The standard InChI is InChI=1S/C8H13O3P/c1-4-7-5-8(2,3)6-12(9,10)11-7/h1,7H,5-6H2,2-3H3,(H,9,10). The van der Waals surface area contributed by atoms with Crippen molar-refractivity contribution < 1.29 is 14.0 Å². The van der Waals surface area contributed by atoms with Crippen LogP contribution in [0.4, 0.5) is 0 Å². The van der Waals surface area contributed by atoms with E-state index in [2.05, 4.69) is 5.92 Å². The molecule has 0 spiro atoms. The molecule has 1 saturated heterocycles. The van der Waals surface area contributed by atoms with E-state index in [4.69, 9.17) is 10.9 Å². The minimum atomic E-state index is -3.42. The first-order valence-electron chi connectivity index (χ1n) is 3.81. The molecule has 0 amide bonds. The van der Waals surface area contributed by atoms with Crippen LogP contribution in [0.2, 0.25) is 0 Å². The van der Waals surface area contributed by atoms with Crippen LogP contribution in [0.25, 0.3) is 0 Å². The Kier molecular flexibility index (Phi) is 2.35. The molecule has 2 atom stereocenters. The van der Waals surface area contributed by atoms with Crippen LogP contribution in [-0.2, 0) is 9.09 Å². The molecule has 1 aliphatic heterocycles. The molecule has 0 aliphatic carbocycles. The summed E-state index contributed by atoms with van der Waals surface area (Å²) in [7, 11) is -3.42. The molecule has 0 aromatic carbocycles. The molecule has 12 heavy (non-hydrogen) atoms. The highest BCUT2D eigenvalue weighted by Gasteiger charge is 2.40. The Morgan fingerprint density at radius 1 is 1.75 bits per heavy atom. The van der Waals surface area contributed by atoms with E-state index < -0.39 is 13.7 Å². The zero-order chi connectivity index (χ0) is 9.41. The number of hydrogen-bond donors (Lipinski definition) is 1. The molecule has 1 fully saturated rings. The maximum Gasteiger partial charge on any atom is 0.329 e. The maximum atomic E-state index is 11.3. The van der Waals surface area contributed by atoms with Crippen molar-refractivity contribution in [2.24, 2.45) is 5.41 Å². The van der Waals surface area contributed by atoms with Crippen LogP contribution in [-0.4, -0.2) is 17.2 Å². The molecule has 3 nitrogen and oxygen atoms in total. The summed E-state index contributed by atoms with van der Waals surface area (Å²) in [5.41, 5.74) is -0.195. The second-order valence-electron chi connectivity index (χ2n) is 3.92. The first-order valence-corrected chi connectivity index (χ1v) is 5.57. The van der Waals surface area contributed by atoms with Crippen molar-refractivity contribution in [2.45, 2.75) is 26.4 Å². The van der Waals surface area contributed by atoms with Crippen molar-refractivity contribution in [2.75, 3.05) is 6.16 Å². The van der Waals surface area contributed by atoms with Gasteiger partial charge < -0.3 is 4.89 Å².